The van der Waals surface area contributed by atoms with Crippen molar-refractivity contribution in [3.8, 4) is 0 Å². The molecule has 27 heavy (non-hydrogen) atoms. The van der Waals surface area contributed by atoms with Crippen LogP contribution in [0.3, 0.4) is 0 Å². The summed E-state index contributed by atoms with van der Waals surface area (Å²) in [5.74, 6) is 0. The molecule has 1 aliphatic rings. The molecule has 2 unspecified atom stereocenters. The first-order valence-electron chi connectivity index (χ1n) is 5.11. The van der Waals surface area contributed by atoms with Crippen LogP contribution in [0.1, 0.15) is 0 Å². The number of phosphoric acid groups is 3. The number of aliphatic hydroxyl groups excluding tert-OH is 2. The smallest absolute Gasteiger partial charge is 0.790 e. The Hall–Kier alpha value is 5.25. The zero-order valence-electron chi connectivity index (χ0n) is 15.2. The molecule has 1 saturated heterocycles. The van der Waals surface area contributed by atoms with E-state index >= 15 is 0 Å². The second-order valence-corrected chi connectivity index (χ2v) is 7.65. The van der Waals surface area contributed by atoms with E-state index in [2.05, 4.69) is 18.1 Å². The fourth-order valence-corrected chi connectivity index (χ4v) is 3.27. The van der Waals surface area contributed by atoms with Gasteiger partial charge < -0.3 is 53.1 Å². The molecule has 1 fully saturated rings. The maximum Gasteiger partial charge on any atom is 1.00 e. The van der Waals surface area contributed by atoms with Crippen molar-refractivity contribution in [3.63, 3.8) is 0 Å². The van der Waals surface area contributed by atoms with Gasteiger partial charge in [0.05, 0.1) is 22.3 Å². The van der Waals surface area contributed by atoms with Crippen LogP contribution in [0.25, 0.3) is 0 Å². The van der Waals surface area contributed by atoms with Crippen LogP contribution in [0.15, 0.2) is 0 Å². The molecular formula is C5H8Na5O14P3. The first-order valence-corrected chi connectivity index (χ1v) is 9.49. The monoisotopic (exact) mass is 500 g/mol. The van der Waals surface area contributed by atoms with E-state index in [-0.39, 0.29) is 148 Å². The molecule has 0 aromatic heterocycles. The van der Waals surface area contributed by atoms with Crippen LogP contribution in [0.2, 0.25) is 0 Å². The van der Waals surface area contributed by atoms with Gasteiger partial charge in [-0.25, -0.2) is 0 Å². The summed E-state index contributed by atoms with van der Waals surface area (Å²) in [5.41, 5.74) is 0. The van der Waals surface area contributed by atoms with Gasteiger partial charge in [-0.2, -0.15) is 0 Å². The van der Waals surface area contributed by atoms with Gasteiger partial charge in [-0.3, -0.25) is 13.4 Å². The zero-order chi connectivity index (χ0) is 17.3. The van der Waals surface area contributed by atoms with Gasteiger partial charge in [-0.1, -0.05) is 0 Å². The van der Waals surface area contributed by atoms with Gasteiger partial charge in [0.1, 0.15) is 18.3 Å². The molecule has 1 aliphatic heterocycles. The Balaban J connectivity index is -0.000000323. The summed E-state index contributed by atoms with van der Waals surface area (Å²) in [6.45, 7) is -1.08. The molecule has 0 amide bonds. The predicted molar refractivity (Wildman–Crippen MR) is 51.6 cm³/mol. The Bertz CT molecular complexity index is 539. The van der Waals surface area contributed by atoms with E-state index in [9.17, 15) is 48.4 Å². The average molecular weight is 500 g/mol. The van der Waals surface area contributed by atoms with Crippen LogP contribution in [0.4, 0.5) is 0 Å². The van der Waals surface area contributed by atoms with Gasteiger partial charge in [-0.15, -0.1) is 0 Å². The Morgan fingerprint density at radius 2 is 1.26 bits per heavy atom. The van der Waals surface area contributed by atoms with Crippen molar-refractivity contribution in [3.05, 3.63) is 0 Å². The summed E-state index contributed by atoms with van der Waals surface area (Å²) in [4.78, 5) is 51.9. The third kappa shape index (κ3) is 18.3. The second-order valence-electron chi connectivity index (χ2n) is 3.85. The van der Waals surface area contributed by atoms with Crippen LogP contribution in [-0.2, 0) is 31.8 Å². The van der Waals surface area contributed by atoms with Crippen LogP contribution in [0.5, 0.6) is 0 Å². The van der Waals surface area contributed by atoms with Crippen molar-refractivity contribution < 1.29 is 214 Å². The molecule has 0 spiro atoms. The van der Waals surface area contributed by atoms with Crippen molar-refractivity contribution in [2.24, 2.45) is 0 Å². The van der Waals surface area contributed by atoms with E-state index in [4.69, 9.17) is 0 Å². The number of hydrogen-bond acceptors (Lipinski definition) is 14. The van der Waals surface area contributed by atoms with Crippen molar-refractivity contribution in [2.75, 3.05) is 6.61 Å². The molecule has 22 heteroatoms. The van der Waals surface area contributed by atoms with E-state index < -0.39 is 54.7 Å². The van der Waals surface area contributed by atoms with Crippen molar-refractivity contribution in [2.45, 2.75) is 24.6 Å². The molecule has 0 aliphatic carbocycles. The molecule has 14 nitrogen and oxygen atoms in total. The minimum atomic E-state index is -5.97. The van der Waals surface area contributed by atoms with E-state index in [0.29, 0.717) is 0 Å². The van der Waals surface area contributed by atoms with Gasteiger partial charge >= 0.3 is 148 Å². The number of ether oxygens (including phenoxy) is 1. The molecule has 0 saturated carbocycles. The summed E-state index contributed by atoms with van der Waals surface area (Å²) >= 11 is 0. The quantitative estimate of drug-likeness (QED) is 0.244. The third-order valence-electron chi connectivity index (χ3n) is 2.15. The molecule has 1 rings (SSSR count). The van der Waals surface area contributed by atoms with Crippen molar-refractivity contribution >= 4 is 23.5 Å². The topological polar surface area (TPSA) is 244 Å². The van der Waals surface area contributed by atoms with Crippen LogP contribution in [-0.4, -0.2) is 41.4 Å². The Labute approximate surface area is 264 Å². The maximum absolute atomic E-state index is 11.0. The van der Waals surface area contributed by atoms with Gasteiger partial charge in [0.15, 0.2) is 6.29 Å². The molecule has 0 aromatic carbocycles. The standard InChI is InChI=1S/C5H13O14P3.5Na/c6-3-2(1-16-20(8,9)10)17-5(4(3)7)18-22(14,15)19-21(11,12)13;;;;;/h2-7H,1H2,(H,14,15)(H2,8,9,10)(H2,11,12,13);;;;;/q;5*+1/p-5/t2-,3-,4-,5?;;;;;/m1...../s1. The maximum atomic E-state index is 11.0. The minimum absolute atomic E-state index is 0. The van der Waals surface area contributed by atoms with E-state index in [1.807, 2.05) is 0 Å². The van der Waals surface area contributed by atoms with E-state index in [1.165, 1.54) is 0 Å². The molecule has 1 heterocycles. The van der Waals surface area contributed by atoms with Crippen LogP contribution in [0, 0.1) is 0 Å². The van der Waals surface area contributed by atoms with Crippen molar-refractivity contribution in [1.82, 2.24) is 0 Å². The summed E-state index contributed by atoms with van der Waals surface area (Å²) in [6, 6.07) is 0. The van der Waals surface area contributed by atoms with Gasteiger partial charge in [0.25, 0.3) is 7.82 Å². The normalized spacial score (nSPS) is 26.8. The molecule has 2 N–H and O–H groups in total. The molecule has 0 radical (unpaired) electrons. The van der Waals surface area contributed by atoms with Crippen molar-refractivity contribution in [1.29, 1.82) is 0 Å². The predicted octanol–water partition coefficient (Wildman–Crippen LogP) is -20.4. The minimum Gasteiger partial charge on any atom is -0.790 e. The average Bonchev–Trinajstić information content (AvgIpc) is 2.49. The Morgan fingerprint density at radius 1 is 0.815 bits per heavy atom. The number of rotatable bonds is 7. The number of phosphoric ester groups is 2. The third-order valence-corrected chi connectivity index (χ3v) is 4.68. The van der Waals surface area contributed by atoms with Gasteiger partial charge in [0.2, 0.25) is 0 Å². The first-order chi connectivity index (χ1) is 9.70. The number of hydrogen-bond donors (Lipinski definition) is 2. The zero-order valence-corrected chi connectivity index (χ0v) is 27.8. The SMILES string of the molecule is O=P([O-])([O-])OC[C@H]1OC(OP(=O)([O-])OP(=O)([O-])[O-])[C@H](O)[C@@H]1O.[Na+].[Na+].[Na+].[Na+].[Na+]. The summed E-state index contributed by atoms with van der Waals surface area (Å²) < 4.78 is 46.8. The second kappa shape index (κ2) is 17.7. The Kier molecular flexibility index (Phi) is 27.7. The van der Waals surface area contributed by atoms with Crippen LogP contribution < -0.4 is 172 Å². The van der Waals surface area contributed by atoms with Gasteiger partial charge in [0, 0.05) is 0 Å². The van der Waals surface area contributed by atoms with Gasteiger partial charge in [-0.05, 0) is 0 Å². The largest absolute Gasteiger partial charge is 1.00 e. The first kappa shape index (κ1) is 42.4. The Morgan fingerprint density at radius 3 is 1.63 bits per heavy atom. The molecule has 5 atom stereocenters. The molecule has 0 aromatic rings. The molecule has 0 bridgehead atoms. The summed E-state index contributed by atoms with van der Waals surface area (Å²) in [5, 5.41) is 18.8. The fraction of sp³-hybridized carbons (Fsp3) is 1.00. The van der Waals surface area contributed by atoms with Crippen LogP contribution >= 0.6 is 23.5 Å². The summed E-state index contributed by atoms with van der Waals surface area (Å²) in [7, 11) is -17.2. The molecular weight excluding hydrogens is 492 g/mol. The summed E-state index contributed by atoms with van der Waals surface area (Å²) in [6.07, 6.45) is -7.96. The fourth-order valence-electron chi connectivity index (χ4n) is 1.37. The van der Waals surface area contributed by atoms with E-state index in [1.54, 1.807) is 0 Å². The molecule has 132 valence electrons. The van der Waals surface area contributed by atoms with E-state index in [0.717, 1.165) is 0 Å². The number of aliphatic hydroxyl groups is 2.